The molecule has 0 aliphatic rings. The van der Waals surface area contributed by atoms with Gasteiger partial charge in [0, 0.05) is 5.92 Å². The van der Waals surface area contributed by atoms with E-state index in [1.165, 1.54) is 24.3 Å². The number of carboxylic acids is 1. The van der Waals surface area contributed by atoms with Crippen LogP contribution < -0.4 is 11.5 Å². The third-order valence-electron chi connectivity index (χ3n) is 2.54. The topological polar surface area (TPSA) is 116 Å². The van der Waals surface area contributed by atoms with Crippen LogP contribution in [0, 0.1) is 5.92 Å². The Morgan fingerprint density at radius 1 is 1.17 bits per heavy atom. The molecule has 0 heterocycles. The Labute approximate surface area is 105 Å². The highest BCUT2D eigenvalue weighted by atomic mass is 16.6. The van der Waals surface area contributed by atoms with Crippen LogP contribution in [0.1, 0.15) is 34.6 Å². The van der Waals surface area contributed by atoms with Crippen molar-refractivity contribution in [2.45, 2.75) is 19.7 Å². The lowest BCUT2D eigenvalue weighted by atomic mass is 10.1. The van der Waals surface area contributed by atoms with Gasteiger partial charge in [0.1, 0.15) is 0 Å². The lowest BCUT2D eigenvalue weighted by Gasteiger charge is -2.28. The first-order valence-electron chi connectivity index (χ1n) is 5.38. The summed E-state index contributed by atoms with van der Waals surface area (Å²) in [5.74, 6) is -3.56. The summed E-state index contributed by atoms with van der Waals surface area (Å²) < 4.78 is 4.95. The van der Waals surface area contributed by atoms with E-state index in [9.17, 15) is 9.59 Å². The van der Waals surface area contributed by atoms with Crippen LogP contribution in [0.5, 0.6) is 0 Å². The van der Waals surface area contributed by atoms with Gasteiger partial charge in [-0.25, -0.2) is 9.59 Å². The molecule has 0 saturated heterocycles. The van der Waals surface area contributed by atoms with Crippen molar-refractivity contribution in [1.29, 1.82) is 0 Å². The van der Waals surface area contributed by atoms with Crippen molar-refractivity contribution in [3.05, 3.63) is 35.4 Å². The monoisotopic (exact) mass is 252 g/mol. The molecule has 0 unspecified atom stereocenters. The fraction of sp³-hybridized carbons (Fsp3) is 0.333. The number of hydrogen-bond donors (Lipinski definition) is 3. The molecular weight excluding hydrogens is 236 g/mol. The summed E-state index contributed by atoms with van der Waals surface area (Å²) in [6.07, 6.45) is 0. The fourth-order valence-corrected chi connectivity index (χ4v) is 1.09. The van der Waals surface area contributed by atoms with E-state index < -0.39 is 17.8 Å². The summed E-state index contributed by atoms with van der Waals surface area (Å²) in [5, 5.41) is 8.72. The van der Waals surface area contributed by atoms with Crippen LogP contribution in [-0.2, 0) is 4.74 Å². The molecular formula is C12H16N2O4. The lowest BCUT2D eigenvalue weighted by molar-refractivity contribution is -0.0366. The maximum Gasteiger partial charge on any atom is 0.340 e. The number of carbonyl (C=O) groups excluding carboxylic acids is 1. The number of esters is 1. The zero-order chi connectivity index (χ0) is 13.9. The highest BCUT2D eigenvalue weighted by Crippen LogP contribution is 2.13. The molecule has 0 amide bonds. The molecule has 1 aromatic carbocycles. The summed E-state index contributed by atoms with van der Waals surface area (Å²) >= 11 is 0. The van der Waals surface area contributed by atoms with E-state index in [0.717, 1.165) is 0 Å². The zero-order valence-corrected chi connectivity index (χ0v) is 10.2. The van der Waals surface area contributed by atoms with Gasteiger partial charge in [0.2, 0.25) is 5.85 Å². The SMILES string of the molecule is CC(C)C(N)(N)OC(=O)c1ccc(C(=O)O)cc1. The Morgan fingerprint density at radius 2 is 1.61 bits per heavy atom. The van der Waals surface area contributed by atoms with Crippen LogP contribution >= 0.6 is 0 Å². The van der Waals surface area contributed by atoms with Crippen LogP contribution in [0.15, 0.2) is 24.3 Å². The van der Waals surface area contributed by atoms with Gasteiger partial charge in [0.25, 0.3) is 0 Å². The van der Waals surface area contributed by atoms with Crippen LogP contribution in [0.3, 0.4) is 0 Å². The number of hydrogen-bond acceptors (Lipinski definition) is 5. The first kappa shape index (κ1) is 14.1. The maximum absolute atomic E-state index is 11.7. The highest BCUT2D eigenvalue weighted by Gasteiger charge is 2.29. The molecule has 0 aliphatic heterocycles. The van der Waals surface area contributed by atoms with Crippen molar-refractivity contribution in [2.24, 2.45) is 17.4 Å². The zero-order valence-electron chi connectivity index (χ0n) is 10.2. The average Bonchev–Trinajstić information content (AvgIpc) is 2.28. The number of ether oxygens (including phenoxy) is 1. The first-order chi connectivity index (χ1) is 8.24. The summed E-state index contributed by atoms with van der Waals surface area (Å²) in [5.41, 5.74) is 11.5. The standard InChI is InChI=1S/C12H16N2O4/c1-7(2)12(13,14)18-11(17)9-5-3-8(4-6-9)10(15)16/h3-7H,13-14H2,1-2H3,(H,15,16). The van der Waals surface area contributed by atoms with E-state index in [-0.39, 0.29) is 17.0 Å². The summed E-state index contributed by atoms with van der Waals surface area (Å²) in [6.45, 7) is 3.45. The van der Waals surface area contributed by atoms with Gasteiger partial charge in [-0.15, -0.1) is 0 Å². The van der Waals surface area contributed by atoms with Crippen molar-refractivity contribution in [3.63, 3.8) is 0 Å². The average molecular weight is 252 g/mol. The summed E-state index contributed by atoms with van der Waals surface area (Å²) in [7, 11) is 0. The summed E-state index contributed by atoms with van der Waals surface area (Å²) in [6, 6.07) is 5.32. The number of benzene rings is 1. The fourth-order valence-electron chi connectivity index (χ4n) is 1.09. The predicted molar refractivity (Wildman–Crippen MR) is 64.8 cm³/mol. The molecule has 1 rings (SSSR count). The second-order valence-corrected chi connectivity index (χ2v) is 4.28. The number of rotatable bonds is 4. The minimum absolute atomic E-state index is 0.0853. The van der Waals surface area contributed by atoms with Crippen molar-refractivity contribution in [1.82, 2.24) is 0 Å². The van der Waals surface area contributed by atoms with Crippen molar-refractivity contribution in [3.8, 4) is 0 Å². The normalized spacial score (nSPS) is 11.4. The Bertz CT molecular complexity index is 452. The molecule has 0 saturated carbocycles. The molecule has 0 bridgehead atoms. The number of nitrogens with two attached hydrogens (primary N) is 2. The molecule has 0 fully saturated rings. The summed E-state index contributed by atoms with van der Waals surface area (Å²) in [4.78, 5) is 22.4. The van der Waals surface area contributed by atoms with Crippen LogP contribution in [0.2, 0.25) is 0 Å². The van der Waals surface area contributed by atoms with E-state index >= 15 is 0 Å². The Balaban J connectivity index is 2.82. The second-order valence-electron chi connectivity index (χ2n) is 4.28. The van der Waals surface area contributed by atoms with Crippen LogP contribution in [0.25, 0.3) is 0 Å². The van der Waals surface area contributed by atoms with E-state index in [1.54, 1.807) is 13.8 Å². The maximum atomic E-state index is 11.7. The molecule has 6 heteroatoms. The largest absolute Gasteiger partial charge is 0.478 e. The quantitative estimate of drug-likeness (QED) is 0.538. The molecule has 0 atom stereocenters. The molecule has 0 aliphatic carbocycles. The van der Waals surface area contributed by atoms with E-state index in [4.69, 9.17) is 21.3 Å². The third kappa shape index (κ3) is 3.28. The van der Waals surface area contributed by atoms with Gasteiger partial charge < -0.3 is 9.84 Å². The van der Waals surface area contributed by atoms with Gasteiger partial charge >= 0.3 is 11.9 Å². The van der Waals surface area contributed by atoms with Gasteiger partial charge in [-0.1, -0.05) is 13.8 Å². The Morgan fingerprint density at radius 3 is 2.00 bits per heavy atom. The van der Waals surface area contributed by atoms with Crippen LogP contribution in [0.4, 0.5) is 0 Å². The van der Waals surface area contributed by atoms with Gasteiger partial charge in [-0.05, 0) is 24.3 Å². The smallest absolute Gasteiger partial charge is 0.340 e. The minimum Gasteiger partial charge on any atom is -0.478 e. The number of aromatic carboxylic acids is 1. The molecule has 5 N–H and O–H groups in total. The third-order valence-corrected chi connectivity index (χ3v) is 2.54. The highest BCUT2D eigenvalue weighted by molar-refractivity contribution is 5.92. The van der Waals surface area contributed by atoms with Crippen LogP contribution in [-0.4, -0.2) is 22.9 Å². The van der Waals surface area contributed by atoms with E-state index in [1.807, 2.05) is 0 Å². The van der Waals surface area contributed by atoms with Crippen molar-refractivity contribution >= 4 is 11.9 Å². The van der Waals surface area contributed by atoms with Gasteiger partial charge in [-0.3, -0.25) is 11.5 Å². The molecule has 18 heavy (non-hydrogen) atoms. The van der Waals surface area contributed by atoms with Crippen molar-refractivity contribution in [2.75, 3.05) is 0 Å². The lowest BCUT2D eigenvalue weighted by Crippen LogP contribution is -2.57. The van der Waals surface area contributed by atoms with Gasteiger partial charge in [0.15, 0.2) is 0 Å². The number of carboxylic acid groups (broad SMARTS) is 1. The predicted octanol–water partition coefficient (Wildman–Crippen LogP) is 0.769. The van der Waals surface area contributed by atoms with Crippen molar-refractivity contribution < 1.29 is 19.4 Å². The molecule has 0 spiro atoms. The molecule has 98 valence electrons. The van der Waals surface area contributed by atoms with E-state index in [0.29, 0.717) is 0 Å². The second kappa shape index (κ2) is 5.16. The molecule has 1 aromatic rings. The van der Waals surface area contributed by atoms with Gasteiger partial charge in [-0.2, -0.15) is 0 Å². The number of carbonyl (C=O) groups is 2. The Kier molecular flexibility index (Phi) is 4.05. The molecule has 6 nitrogen and oxygen atoms in total. The van der Waals surface area contributed by atoms with E-state index in [2.05, 4.69) is 0 Å². The minimum atomic E-state index is -1.55. The van der Waals surface area contributed by atoms with Gasteiger partial charge in [0.05, 0.1) is 11.1 Å². The molecule has 0 radical (unpaired) electrons. The first-order valence-corrected chi connectivity index (χ1v) is 5.38. The molecule has 0 aromatic heterocycles. The Hall–Kier alpha value is -1.92.